The maximum atomic E-state index is 4.51. The molecule has 0 spiro atoms. The lowest BCUT2D eigenvalue weighted by Gasteiger charge is -2.31. The number of likely N-dealkylation sites (tertiary alicyclic amines) is 1. The molecule has 1 saturated heterocycles. The number of hydrogen-bond donors (Lipinski definition) is 1. The lowest BCUT2D eigenvalue weighted by molar-refractivity contribution is 0.207. The van der Waals surface area contributed by atoms with Crippen LogP contribution >= 0.6 is 0 Å². The van der Waals surface area contributed by atoms with E-state index in [0.29, 0.717) is 5.92 Å². The van der Waals surface area contributed by atoms with E-state index in [9.17, 15) is 0 Å². The number of aromatic amines is 1. The summed E-state index contributed by atoms with van der Waals surface area (Å²) in [6, 6.07) is 10.8. The minimum atomic E-state index is 0.577. The standard InChI is InChI=1S/C17H23N3/c1-14-12-18-17(19-14)16-8-5-10-20(13-16)11-9-15-6-3-2-4-7-15/h2-4,6-7,12,16H,5,8-11,13H2,1H3,(H,18,19). The van der Waals surface area contributed by atoms with Crippen LogP contribution < -0.4 is 0 Å². The van der Waals surface area contributed by atoms with Gasteiger partial charge in [0.15, 0.2) is 0 Å². The topological polar surface area (TPSA) is 31.9 Å². The van der Waals surface area contributed by atoms with E-state index in [-0.39, 0.29) is 0 Å². The van der Waals surface area contributed by atoms with Gasteiger partial charge in [0.1, 0.15) is 5.82 Å². The molecule has 1 atom stereocenters. The summed E-state index contributed by atoms with van der Waals surface area (Å²) in [6.07, 6.45) is 5.62. The van der Waals surface area contributed by atoms with Crippen LogP contribution in [0.5, 0.6) is 0 Å². The molecule has 1 aliphatic heterocycles. The fourth-order valence-corrected chi connectivity index (χ4v) is 3.05. The number of hydrogen-bond acceptors (Lipinski definition) is 2. The lowest BCUT2D eigenvalue weighted by atomic mass is 9.97. The average molecular weight is 269 g/mol. The zero-order valence-electron chi connectivity index (χ0n) is 12.2. The molecular formula is C17H23N3. The van der Waals surface area contributed by atoms with Crippen LogP contribution in [0.15, 0.2) is 36.5 Å². The van der Waals surface area contributed by atoms with Gasteiger partial charge in [0.25, 0.3) is 0 Å². The Morgan fingerprint density at radius 1 is 1.30 bits per heavy atom. The van der Waals surface area contributed by atoms with Crippen LogP contribution in [0, 0.1) is 6.92 Å². The second-order valence-electron chi connectivity index (χ2n) is 5.83. The summed E-state index contributed by atoms with van der Waals surface area (Å²) in [5.41, 5.74) is 2.60. The Hall–Kier alpha value is -1.61. The number of rotatable bonds is 4. The van der Waals surface area contributed by atoms with Gasteiger partial charge in [0, 0.05) is 30.9 Å². The van der Waals surface area contributed by atoms with E-state index in [0.717, 1.165) is 19.5 Å². The van der Waals surface area contributed by atoms with Crippen molar-refractivity contribution < 1.29 is 0 Å². The average Bonchev–Trinajstić information content (AvgIpc) is 2.93. The number of benzene rings is 1. The van der Waals surface area contributed by atoms with Crippen molar-refractivity contribution in [2.24, 2.45) is 0 Å². The highest BCUT2D eigenvalue weighted by Crippen LogP contribution is 2.24. The second kappa shape index (κ2) is 6.23. The molecular weight excluding hydrogens is 246 g/mol. The fraction of sp³-hybridized carbons (Fsp3) is 0.471. The molecule has 0 radical (unpaired) electrons. The summed E-state index contributed by atoms with van der Waals surface area (Å²) in [7, 11) is 0. The van der Waals surface area contributed by atoms with Crippen molar-refractivity contribution in [3.8, 4) is 0 Å². The third-order valence-electron chi connectivity index (χ3n) is 4.17. The first-order valence-corrected chi connectivity index (χ1v) is 7.59. The Bertz CT molecular complexity index is 532. The Kier molecular flexibility index (Phi) is 4.16. The molecule has 0 amide bonds. The van der Waals surface area contributed by atoms with Crippen molar-refractivity contribution in [2.75, 3.05) is 19.6 Å². The number of aromatic nitrogens is 2. The summed E-state index contributed by atoms with van der Waals surface area (Å²) in [6.45, 7) is 5.59. The smallest absolute Gasteiger partial charge is 0.110 e. The largest absolute Gasteiger partial charge is 0.346 e. The van der Waals surface area contributed by atoms with Crippen LogP contribution in [-0.2, 0) is 6.42 Å². The fourth-order valence-electron chi connectivity index (χ4n) is 3.05. The van der Waals surface area contributed by atoms with E-state index in [2.05, 4.69) is 52.1 Å². The normalized spacial score (nSPS) is 20.1. The van der Waals surface area contributed by atoms with E-state index in [4.69, 9.17) is 0 Å². The number of imidazole rings is 1. The lowest BCUT2D eigenvalue weighted by Crippen LogP contribution is -2.36. The quantitative estimate of drug-likeness (QED) is 0.924. The van der Waals surface area contributed by atoms with Crippen LogP contribution in [-0.4, -0.2) is 34.5 Å². The molecule has 106 valence electrons. The molecule has 1 aromatic heterocycles. The first-order valence-electron chi connectivity index (χ1n) is 7.59. The molecule has 3 rings (SSSR count). The highest BCUT2D eigenvalue weighted by molar-refractivity contribution is 5.15. The Balaban J connectivity index is 1.55. The number of aryl methyl sites for hydroxylation is 1. The molecule has 20 heavy (non-hydrogen) atoms. The predicted octanol–water partition coefficient (Wildman–Crippen LogP) is 3.14. The molecule has 1 unspecified atom stereocenters. The van der Waals surface area contributed by atoms with Crippen molar-refractivity contribution in [2.45, 2.75) is 32.1 Å². The van der Waals surface area contributed by atoms with Gasteiger partial charge in [0.2, 0.25) is 0 Å². The predicted molar refractivity (Wildman–Crippen MR) is 81.9 cm³/mol. The van der Waals surface area contributed by atoms with Gasteiger partial charge < -0.3 is 9.88 Å². The molecule has 3 heteroatoms. The van der Waals surface area contributed by atoms with Crippen molar-refractivity contribution in [1.82, 2.24) is 14.9 Å². The van der Waals surface area contributed by atoms with Crippen molar-refractivity contribution >= 4 is 0 Å². The van der Waals surface area contributed by atoms with E-state index < -0.39 is 0 Å². The number of nitrogens with one attached hydrogen (secondary N) is 1. The van der Waals surface area contributed by atoms with Gasteiger partial charge in [-0.25, -0.2) is 4.98 Å². The third kappa shape index (κ3) is 3.28. The maximum absolute atomic E-state index is 4.51. The van der Waals surface area contributed by atoms with Gasteiger partial charge in [0.05, 0.1) is 0 Å². The van der Waals surface area contributed by atoms with Gasteiger partial charge in [-0.15, -0.1) is 0 Å². The highest BCUT2D eigenvalue weighted by Gasteiger charge is 2.22. The zero-order chi connectivity index (χ0) is 13.8. The summed E-state index contributed by atoms with van der Waals surface area (Å²) in [5.74, 6) is 1.75. The molecule has 2 heterocycles. The first-order chi connectivity index (χ1) is 9.81. The zero-order valence-corrected chi connectivity index (χ0v) is 12.2. The Morgan fingerprint density at radius 3 is 2.90 bits per heavy atom. The molecule has 1 fully saturated rings. The first kappa shape index (κ1) is 13.4. The minimum Gasteiger partial charge on any atom is -0.346 e. The monoisotopic (exact) mass is 269 g/mol. The Morgan fingerprint density at radius 2 is 2.15 bits per heavy atom. The van der Waals surface area contributed by atoms with Gasteiger partial charge in [-0.05, 0) is 38.3 Å². The summed E-state index contributed by atoms with van der Waals surface area (Å²) in [4.78, 5) is 10.5. The highest BCUT2D eigenvalue weighted by atomic mass is 15.1. The minimum absolute atomic E-state index is 0.577. The third-order valence-corrected chi connectivity index (χ3v) is 4.17. The maximum Gasteiger partial charge on any atom is 0.110 e. The van der Waals surface area contributed by atoms with Crippen molar-refractivity contribution in [3.63, 3.8) is 0 Å². The van der Waals surface area contributed by atoms with E-state index in [1.165, 1.54) is 36.5 Å². The van der Waals surface area contributed by atoms with Crippen LogP contribution in [0.4, 0.5) is 0 Å². The van der Waals surface area contributed by atoms with E-state index in [1.807, 2.05) is 6.20 Å². The van der Waals surface area contributed by atoms with Crippen molar-refractivity contribution in [3.05, 3.63) is 53.6 Å². The van der Waals surface area contributed by atoms with Crippen LogP contribution in [0.3, 0.4) is 0 Å². The summed E-state index contributed by atoms with van der Waals surface area (Å²) in [5, 5.41) is 0. The van der Waals surface area contributed by atoms with Crippen LogP contribution in [0.2, 0.25) is 0 Å². The van der Waals surface area contributed by atoms with Gasteiger partial charge >= 0.3 is 0 Å². The molecule has 0 saturated carbocycles. The van der Waals surface area contributed by atoms with E-state index in [1.54, 1.807) is 0 Å². The summed E-state index contributed by atoms with van der Waals surface area (Å²) >= 11 is 0. The van der Waals surface area contributed by atoms with Crippen LogP contribution in [0.25, 0.3) is 0 Å². The van der Waals surface area contributed by atoms with Gasteiger partial charge in [-0.2, -0.15) is 0 Å². The second-order valence-corrected chi connectivity index (χ2v) is 5.83. The molecule has 1 aromatic carbocycles. The molecule has 1 N–H and O–H groups in total. The number of piperidine rings is 1. The van der Waals surface area contributed by atoms with Crippen molar-refractivity contribution in [1.29, 1.82) is 0 Å². The number of nitrogens with zero attached hydrogens (tertiary/aromatic N) is 2. The van der Waals surface area contributed by atoms with Gasteiger partial charge in [-0.3, -0.25) is 0 Å². The summed E-state index contributed by atoms with van der Waals surface area (Å²) < 4.78 is 0. The molecule has 0 aliphatic carbocycles. The number of H-pyrrole nitrogens is 1. The van der Waals surface area contributed by atoms with E-state index >= 15 is 0 Å². The molecule has 2 aromatic rings. The molecule has 3 nitrogen and oxygen atoms in total. The molecule has 1 aliphatic rings. The SMILES string of the molecule is Cc1cnc(C2CCCN(CCc3ccccc3)C2)[nH]1. The molecule has 0 bridgehead atoms. The Labute approximate surface area is 121 Å². The van der Waals surface area contributed by atoms with Gasteiger partial charge in [-0.1, -0.05) is 30.3 Å². The van der Waals surface area contributed by atoms with Crippen LogP contribution in [0.1, 0.15) is 35.8 Å².